The van der Waals surface area contributed by atoms with Gasteiger partial charge in [-0.1, -0.05) is 28.9 Å². The number of hydrogen-bond acceptors (Lipinski definition) is 2. The van der Waals surface area contributed by atoms with Crippen LogP contribution < -0.4 is 10.5 Å². The van der Waals surface area contributed by atoms with Crippen LogP contribution in [0, 0.1) is 0 Å². The minimum Gasteiger partial charge on any atom is -0.491 e. The SMILES string of the molecule is CC(C)Oc1cccc(Br)c1C(C)CN. The van der Waals surface area contributed by atoms with Crippen molar-refractivity contribution in [2.24, 2.45) is 5.73 Å². The summed E-state index contributed by atoms with van der Waals surface area (Å²) in [7, 11) is 0. The van der Waals surface area contributed by atoms with Gasteiger partial charge in [-0.3, -0.25) is 0 Å². The van der Waals surface area contributed by atoms with Gasteiger partial charge in [-0.2, -0.15) is 0 Å². The molecule has 0 aliphatic carbocycles. The molecule has 1 unspecified atom stereocenters. The number of benzene rings is 1. The third-order valence-corrected chi connectivity index (χ3v) is 2.91. The lowest BCUT2D eigenvalue weighted by atomic mass is 10.0. The Balaban J connectivity index is 3.08. The minimum absolute atomic E-state index is 0.183. The molecule has 1 atom stereocenters. The maximum atomic E-state index is 5.76. The van der Waals surface area contributed by atoms with Gasteiger partial charge in [0.2, 0.25) is 0 Å². The summed E-state index contributed by atoms with van der Waals surface area (Å²) < 4.78 is 6.83. The average Bonchev–Trinajstić information content (AvgIpc) is 2.16. The van der Waals surface area contributed by atoms with Crippen LogP contribution in [0.5, 0.6) is 5.75 Å². The first-order chi connectivity index (χ1) is 7.06. The Morgan fingerprint density at radius 2 is 2.00 bits per heavy atom. The van der Waals surface area contributed by atoms with Crippen LogP contribution >= 0.6 is 15.9 Å². The summed E-state index contributed by atoms with van der Waals surface area (Å²) in [6.07, 6.45) is 0.183. The summed E-state index contributed by atoms with van der Waals surface area (Å²) in [5, 5.41) is 0. The molecule has 15 heavy (non-hydrogen) atoms. The molecule has 0 aliphatic rings. The summed E-state index contributed by atoms with van der Waals surface area (Å²) in [5.41, 5.74) is 6.86. The zero-order chi connectivity index (χ0) is 11.4. The highest BCUT2D eigenvalue weighted by Gasteiger charge is 2.14. The first kappa shape index (κ1) is 12.5. The zero-order valence-electron chi connectivity index (χ0n) is 9.46. The van der Waals surface area contributed by atoms with E-state index in [1.807, 2.05) is 32.0 Å². The van der Waals surface area contributed by atoms with Gasteiger partial charge in [0.15, 0.2) is 0 Å². The lowest BCUT2D eigenvalue weighted by Gasteiger charge is -2.19. The number of nitrogens with two attached hydrogens (primary N) is 1. The van der Waals surface area contributed by atoms with Gasteiger partial charge in [-0.15, -0.1) is 0 Å². The molecule has 0 amide bonds. The molecule has 0 bridgehead atoms. The van der Waals surface area contributed by atoms with Crippen LogP contribution in [0.25, 0.3) is 0 Å². The maximum Gasteiger partial charge on any atom is 0.124 e. The molecule has 1 aromatic carbocycles. The fraction of sp³-hybridized carbons (Fsp3) is 0.500. The molecule has 0 fully saturated rings. The van der Waals surface area contributed by atoms with E-state index in [1.165, 1.54) is 0 Å². The van der Waals surface area contributed by atoms with Crippen LogP contribution in [0.1, 0.15) is 32.3 Å². The summed E-state index contributed by atoms with van der Waals surface area (Å²) in [4.78, 5) is 0. The van der Waals surface area contributed by atoms with Gasteiger partial charge in [0.05, 0.1) is 6.10 Å². The van der Waals surface area contributed by atoms with Crippen molar-refractivity contribution in [3.05, 3.63) is 28.2 Å². The molecule has 3 heteroatoms. The van der Waals surface area contributed by atoms with Crippen molar-refractivity contribution in [3.63, 3.8) is 0 Å². The molecule has 2 nitrogen and oxygen atoms in total. The summed E-state index contributed by atoms with van der Waals surface area (Å²) in [6, 6.07) is 6.00. The van der Waals surface area contributed by atoms with Crippen molar-refractivity contribution in [2.75, 3.05) is 6.54 Å². The number of rotatable bonds is 4. The zero-order valence-corrected chi connectivity index (χ0v) is 11.0. The van der Waals surface area contributed by atoms with Gasteiger partial charge in [0.1, 0.15) is 5.75 Å². The molecule has 0 spiro atoms. The van der Waals surface area contributed by atoms with Gasteiger partial charge < -0.3 is 10.5 Å². The summed E-state index contributed by atoms with van der Waals surface area (Å²) in [5.74, 6) is 1.23. The highest BCUT2D eigenvalue weighted by atomic mass is 79.9. The van der Waals surface area contributed by atoms with Crippen LogP contribution in [0.15, 0.2) is 22.7 Å². The minimum atomic E-state index is 0.183. The molecular formula is C12H18BrNO. The maximum absolute atomic E-state index is 5.76. The lowest BCUT2D eigenvalue weighted by molar-refractivity contribution is 0.239. The lowest BCUT2D eigenvalue weighted by Crippen LogP contribution is -2.13. The Bertz CT molecular complexity index is 325. The third kappa shape index (κ3) is 3.21. The highest BCUT2D eigenvalue weighted by molar-refractivity contribution is 9.10. The van der Waals surface area contributed by atoms with Crippen molar-refractivity contribution in [1.82, 2.24) is 0 Å². The first-order valence-electron chi connectivity index (χ1n) is 5.21. The Morgan fingerprint density at radius 3 is 2.53 bits per heavy atom. The van der Waals surface area contributed by atoms with E-state index < -0.39 is 0 Å². The number of hydrogen-bond donors (Lipinski definition) is 1. The van der Waals surface area contributed by atoms with Crippen molar-refractivity contribution >= 4 is 15.9 Å². The normalized spacial score (nSPS) is 12.9. The summed E-state index contributed by atoms with van der Waals surface area (Å²) >= 11 is 3.54. The van der Waals surface area contributed by atoms with Crippen LogP contribution in [0.2, 0.25) is 0 Å². The van der Waals surface area contributed by atoms with Gasteiger partial charge in [0.25, 0.3) is 0 Å². The largest absolute Gasteiger partial charge is 0.491 e. The van der Waals surface area contributed by atoms with Gasteiger partial charge in [0, 0.05) is 10.0 Å². The molecule has 0 saturated carbocycles. The van der Waals surface area contributed by atoms with E-state index in [-0.39, 0.29) is 6.10 Å². The standard InChI is InChI=1S/C12H18BrNO/c1-8(2)15-11-6-4-5-10(13)12(11)9(3)7-14/h4-6,8-9H,7,14H2,1-3H3. The van der Waals surface area contributed by atoms with E-state index in [2.05, 4.69) is 22.9 Å². The Morgan fingerprint density at radius 1 is 1.33 bits per heavy atom. The number of ether oxygens (including phenoxy) is 1. The topological polar surface area (TPSA) is 35.2 Å². The third-order valence-electron chi connectivity index (χ3n) is 2.22. The fourth-order valence-electron chi connectivity index (χ4n) is 1.47. The predicted molar refractivity (Wildman–Crippen MR) is 67.4 cm³/mol. The molecule has 1 aromatic rings. The van der Waals surface area contributed by atoms with E-state index >= 15 is 0 Å². The molecule has 0 saturated heterocycles. The van der Waals surface area contributed by atoms with Gasteiger partial charge in [-0.05, 0) is 38.4 Å². The Hall–Kier alpha value is -0.540. The van der Waals surface area contributed by atoms with Crippen LogP contribution in [0.4, 0.5) is 0 Å². The molecule has 0 aliphatic heterocycles. The molecule has 0 radical (unpaired) electrons. The van der Waals surface area contributed by atoms with Crippen molar-refractivity contribution in [3.8, 4) is 5.75 Å². The van der Waals surface area contributed by atoms with E-state index in [4.69, 9.17) is 10.5 Å². The van der Waals surface area contributed by atoms with E-state index in [9.17, 15) is 0 Å². The first-order valence-corrected chi connectivity index (χ1v) is 6.00. The van der Waals surface area contributed by atoms with Crippen LogP contribution in [0.3, 0.4) is 0 Å². The monoisotopic (exact) mass is 271 g/mol. The average molecular weight is 272 g/mol. The Labute approximate surface area is 99.9 Å². The molecule has 1 rings (SSSR count). The van der Waals surface area contributed by atoms with Gasteiger partial charge >= 0.3 is 0 Å². The smallest absolute Gasteiger partial charge is 0.124 e. The van der Waals surface area contributed by atoms with Crippen LogP contribution in [-0.4, -0.2) is 12.6 Å². The van der Waals surface area contributed by atoms with E-state index in [1.54, 1.807) is 0 Å². The second kappa shape index (κ2) is 5.52. The van der Waals surface area contributed by atoms with Crippen LogP contribution in [-0.2, 0) is 0 Å². The van der Waals surface area contributed by atoms with E-state index in [0.29, 0.717) is 12.5 Å². The Kier molecular flexibility index (Phi) is 4.61. The summed E-state index contributed by atoms with van der Waals surface area (Å²) in [6.45, 7) is 6.78. The molecule has 84 valence electrons. The molecule has 0 heterocycles. The highest BCUT2D eigenvalue weighted by Crippen LogP contribution is 2.33. The fourth-order valence-corrected chi connectivity index (χ4v) is 2.21. The predicted octanol–water partition coefficient (Wildman–Crippen LogP) is 3.30. The quantitative estimate of drug-likeness (QED) is 0.912. The molecular weight excluding hydrogens is 254 g/mol. The van der Waals surface area contributed by atoms with Crippen molar-refractivity contribution < 1.29 is 4.74 Å². The second-order valence-corrected chi connectivity index (χ2v) is 4.81. The van der Waals surface area contributed by atoms with Crippen molar-refractivity contribution in [1.29, 1.82) is 0 Å². The molecule has 2 N–H and O–H groups in total. The number of halogens is 1. The van der Waals surface area contributed by atoms with E-state index in [0.717, 1.165) is 15.8 Å². The molecule has 0 aromatic heterocycles. The van der Waals surface area contributed by atoms with Gasteiger partial charge in [-0.25, -0.2) is 0 Å². The second-order valence-electron chi connectivity index (χ2n) is 3.96. The van der Waals surface area contributed by atoms with Crippen molar-refractivity contribution in [2.45, 2.75) is 32.8 Å².